The molecule has 2 aromatic heterocycles. The van der Waals surface area contributed by atoms with Gasteiger partial charge in [-0.1, -0.05) is 35.5 Å². The average molecular weight is 463 g/mol. The van der Waals surface area contributed by atoms with Crippen molar-refractivity contribution in [2.45, 2.75) is 38.0 Å². The van der Waals surface area contributed by atoms with Gasteiger partial charge in [0, 0.05) is 27.8 Å². The van der Waals surface area contributed by atoms with Gasteiger partial charge in [-0.3, -0.25) is 4.79 Å². The summed E-state index contributed by atoms with van der Waals surface area (Å²) in [6.07, 6.45) is 5.39. The minimum absolute atomic E-state index is 0.111. The van der Waals surface area contributed by atoms with E-state index in [1.807, 2.05) is 36.4 Å². The number of ketones is 1. The van der Waals surface area contributed by atoms with Crippen molar-refractivity contribution in [1.82, 2.24) is 10.1 Å². The number of likely N-dealkylation sites (tertiary alicyclic amines) is 1. The quantitative estimate of drug-likeness (QED) is 0.223. The van der Waals surface area contributed by atoms with Gasteiger partial charge in [0.1, 0.15) is 5.82 Å². The molecule has 2 aromatic carbocycles. The highest BCUT2D eigenvalue weighted by atomic mass is 32.1. The third-order valence-electron chi connectivity index (χ3n) is 6.51. The average Bonchev–Trinajstić information content (AvgIpc) is 3.49. The van der Waals surface area contributed by atoms with Gasteiger partial charge in [-0.2, -0.15) is 0 Å². The number of thiophene rings is 1. The van der Waals surface area contributed by atoms with Gasteiger partial charge in [-0.25, -0.2) is 4.39 Å². The molecule has 0 amide bonds. The fourth-order valence-corrected chi connectivity index (χ4v) is 5.67. The molecule has 0 radical (unpaired) electrons. The van der Waals surface area contributed by atoms with Crippen LogP contribution in [-0.4, -0.2) is 35.5 Å². The maximum absolute atomic E-state index is 13.4. The number of hydrogen-bond acceptors (Lipinski definition) is 5. The van der Waals surface area contributed by atoms with E-state index in [1.54, 1.807) is 17.4 Å². The number of rotatable bonds is 8. The molecule has 0 atom stereocenters. The van der Waals surface area contributed by atoms with E-state index in [2.05, 4.69) is 16.1 Å². The minimum atomic E-state index is -0.290. The van der Waals surface area contributed by atoms with Crippen LogP contribution in [0.5, 0.6) is 0 Å². The van der Waals surface area contributed by atoms with E-state index in [0.717, 1.165) is 73.3 Å². The van der Waals surface area contributed by atoms with E-state index < -0.39 is 0 Å². The molecule has 170 valence electrons. The zero-order valence-electron chi connectivity index (χ0n) is 18.5. The summed E-state index contributed by atoms with van der Waals surface area (Å²) in [5.41, 5.74) is 2.26. The summed E-state index contributed by atoms with van der Waals surface area (Å²) in [7, 11) is 0. The molecule has 33 heavy (non-hydrogen) atoms. The lowest BCUT2D eigenvalue weighted by molar-refractivity contribution is 0.104. The number of carbonyl (C=O) groups is 1. The number of hydrogen-bond donors (Lipinski definition) is 0. The maximum atomic E-state index is 13.4. The van der Waals surface area contributed by atoms with Gasteiger partial charge in [0.25, 0.3) is 0 Å². The summed E-state index contributed by atoms with van der Waals surface area (Å²) in [6.45, 7) is 3.20. The van der Waals surface area contributed by atoms with E-state index >= 15 is 0 Å². The Labute approximate surface area is 197 Å². The second-order valence-electron chi connectivity index (χ2n) is 8.74. The highest BCUT2D eigenvalue weighted by Gasteiger charge is 2.25. The Bertz CT molecular complexity index is 1230. The Hall–Kier alpha value is -2.83. The Kier molecular flexibility index (Phi) is 6.65. The van der Waals surface area contributed by atoms with Crippen LogP contribution in [0.1, 0.15) is 57.4 Å². The standard InChI is InChI=1S/C27H27FN2O2S/c28-21-9-11-23-24(18-21)32-29-26(23)19-13-16-30(17-14-19)15-5-4-8-22-10-12-25(33-22)27(31)20-6-2-1-3-7-20/h1-3,6-7,9-12,18-19H,4-5,8,13-17H2. The molecular weight excluding hydrogens is 435 g/mol. The van der Waals surface area contributed by atoms with Crippen LogP contribution < -0.4 is 0 Å². The lowest BCUT2D eigenvalue weighted by atomic mass is 9.91. The van der Waals surface area contributed by atoms with Crippen molar-refractivity contribution in [3.05, 3.63) is 87.5 Å². The molecule has 1 fully saturated rings. The Morgan fingerprint density at radius 3 is 2.70 bits per heavy atom. The molecule has 6 heteroatoms. The van der Waals surface area contributed by atoms with Crippen LogP contribution in [0.25, 0.3) is 11.0 Å². The second kappa shape index (κ2) is 9.98. The van der Waals surface area contributed by atoms with Crippen LogP contribution >= 0.6 is 11.3 Å². The van der Waals surface area contributed by atoms with E-state index in [9.17, 15) is 9.18 Å². The first kappa shape index (κ1) is 22.0. The second-order valence-corrected chi connectivity index (χ2v) is 9.91. The fraction of sp³-hybridized carbons (Fsp3) is 0.333. The number of halogens is 1. The van der Waals surface area contributed by atoms with E-state index in [4.69, 9.17) is 4.52 Å². The van der Waals surface area contributed by atoms with Crippen molar-refractivity contribution in [2.24, 2.45) is 0 Å². The number of unbranched alkanes of at least 4 members (excludes halogenated alkanes) is 1. The van der Waals surface area contributed by atoms with Gasteiger partial charge >= 0.3 is 0 Å². The molecular formula is C27H27FN2O2S. The summed E-state index contributed by atoms with van der Waals surface area (Å²) in [5, 5.41) is 5.19. The molecule has 0 aliphatic carbocycles. The summed E-state index contributed by atoms with van der Waals surface area (Å²) < 4.78 is 18.7. The van der Waals surface area contributed by atoms with Crippen molar-refractivity contribution < 1.29 is 13.7 Å². The number of carbonyl (C=O) groups excluding carboxylic acids is 1. The highest BCUT2D eigenvalue weighted by molar-refractivity contribution is 7.14. The molecule has 1 aliphatic heterocycles. The zero-order valence-corrected chi connectivity index (χ0v) is 19.3. The van der Waals surface area contributed by atoms with Crippen LogP contribution in [0.3, 0.4) is 0 Å². The van der Waals surface area contributed by atoms with E-state index in [0.29, 0.717) is 11.5 Å². The number of fused-ring (bicyclic) bond motifs is 1. The topological polar surface area (TPSA) is 46.3 Å². The van der Waals surface area contributed by atoms with Crippen molar-refractivity contribution >= 4 is 28.1 Å². The zero-order chi connectivity index (χ0) is 22.6. The summed E-state index contributed by atoms with van der Waals surface area (Å²) in [5.74, 6) is 0.195. The van der Waals surface area contributed by atoms with Crippen LogP contribution in [0.15, 0.2) is 65.2 Å². The first-order valence-electron chi connectivity index (χ1n) is 11.6. The van der Waals surface area contributed by atoms with Gasteiger partial charge in [-0.05, 0) is 76.0 Å². The fourth-order valence-electron chi connectivity index (χ4n) is 4.66. The molecule has 0 saturated carbocycles. The molecule has 0 bridgehead atoms. The van der Waals surface area contributed by atoms with Gasteiger partial charge in [-0.15, -0.1) is 11.3 Å². The van der Waals surface area contributed by atoms with Gasteiger partial charge < -0.3 is 9.42 Å². The minimum Gasteiger partial charge on any atom is -0.356 e. The Balaban J connectivity index is 1.06. The largest absolute Gasteiger partial charge is 0.356 e. The molecule has 0 N–H and O–H groups in total. The summed E-state index contributed by atoms with van der Waals surface area (Å²) in [6, 6.07) is 18.2. The number of aryl methyl sites for hydroxylation is 1. The molecule has 3 heterocycles. The molecule has 0 spiro atoms. The summed E-state index contributed by atoms with van der Waals surface area (Å²) >= 11 is 1.62. The number of piperidine rings is 1. The monoisotopic (exact) mass is 462 g/mol. The number of nitrogens with zero attached hydrogens (tertiary/aromatic N) is 2. The van der Waals surface area contributed by atoms with Crippen LogP contribution in [0, 0.1) is 5.82 Å². The van der Waals surface area contributed by atoms with Crippen LogP contribution in [0.4, 0.5) is 4.39 Å². The highest BCUT2D eigenvalue weighted by Crippen LogP contribution is 2.33. The van der Waals surface area contributed by atoms with Crippen LogP contribution in [-0.2, 0) is 6.42 Å². The van der Waals surface area contributed by atoms with Crippen molar-refractivity contribution in [3.63, 3.8) is 0 Å². The van der Waals surface area contributed by atoms with E-state index in [-0.39, 0.29) is 11.6 Å². The van der Waals surface area contributed by atoms with Gasteiger partial charge in [0.05, 0.1) is 10.6 Å². The third kappa shape index (κ3) is 5.07. The number of aromatic nitrogens is 1. The predicted molar refractivity (Wildman–Crippen MR) is 130 cm³/mol. The Morgan fingerprint density at radius 1 is 1.06 bits per heavy atom. The lowest BCUT2D eigenvalue weighted by Crippen LogP contribution is -2.33. The SMILES string of the molecule is O=C(c1ccccc1)c1ccc(CCCCN2CCC(c3noc4cc(F)ccc34)CC2)s1. The first-order chi connectivity index (χ1) is 16.2. The van der Waals surface area contributed by atoms with Crippen molar-refractivity contribution in [2.75, 3.05) is 19.6 Å². The maximum Gasteiger partial charge on any atom is 0.202 e. The van der Waals surface area contributed by atoms with E-state index in [1.165, 1.54) is 17.0 Å². The normalized spacial score (nSPS) is 15.3. The van der Waals surface area contributed by atoms with Gasteiger partial charge in [0.2, 0.25) is 5.78 Å². The molecule has 1 aliphatic rings. The molecule has 4 nitrogen and oxygen atoms in total. The number of benzene rings is 2. The molecule has 0 unspecified atom stereocenters. The smallest absolute Gasteiger partial charge is 0.202 e. The molecule has 5 rings (SSSR count). The third-order valence-corrected chi connectivity index (χ3v) is 7.65. The Morgan fingerprint density at radius 2 is 1.88 bits per heavy atom. The lowest BCUT2D eigenvalue weighted by Gasteiger charge is -2.31. The molecule has 4 aromatic rings. The van der Waals surface area contributed by atoms with Crippen LogP contribution in [0.2, 0.25) is 0 Å². The van der Waals surface area contributed by atoms with Crippen molar-refractivity contribution in [1.29, 1.82) is 0 Å². The first-order valence-corrected chi connectivity index (χ1v) is 12.4. The van der Waals surface area contributed by atoms with Crippen molar-refractivity contribution in [3.8, 4) is 0 Å². The molecule has 1 saturated heterocycles. The summed E-state index contributed by atoms with van der Waals surface area (Å²) in [4.78, 5) is 17.2. The predicted octanol–water partition coefficient (Wildman–Crippen LogP) is 6.46. The van der Waals surface area contributed by atoms with Gasteiger partial charge in [0.15, 0.2) is 5.58 Å².